The number of thioether (sulfide) groups is 1. The molecule has 15 nitrogen and oxygen atoms in total. The van der Waals surface area contributed by atoms with Crippen LogP contribution >= 0.6 is 11.8 Å². The Balaban J connectivity index is 3.81. The van der Waals surface area contributed by atoms with Gasteiger partial charge in [-0.15, -0.1) is 11.8 Å². The number of sulfonamides is 1. The van der Waals surface area contributed by atoms with Crippen LogP contribution in [0.15, 0.2) is 5.11 Å². The summed E-state index contributed by atoms with van der Waals surface area (Å²) < 4.78 is 53.4. The molecule has 0 aromatic heterocycles. The Hall–Kier alpha value is -2.59. The predicted molar refractivity (Wildman–Crippen MR) is 120 cm³/mol. The summed E-state index contributed by atoms with van der Waals surface area (Å²) in [5.41, 5.74) is 8.76. The zero-order chi connectivity index (χ0) is 27.0. The van der Waals surface area contributed by atoms with Crippen molar-refractivity contribution in [2.24, 2.45) is 5.11 Å². The van der Waals surface area contributed by atoms with Crippen LogP contribution in [0.1, 0.15) is 27.2 Å². The normalized spacial score (nSPS) is 25.8. The molecule has 0 bridgehead atoms. The lowest BCUT2D eigenvalue weighted by atomic mass is 9.90. The molecule has 198 valence electrons. The third kappa shape index (κ3) is 8.85. The van der Waals surface area contributed by atoms with E-state index in [9.17, 15) is 27.6 Å². The molecule has 1 heterocycles. The third-order valence-corrected chi connectivity index (χ3v) is 6.47. The van der Waals surface area contributed by atoms with E-state index in [0.29, 0.717) is 0 Å². The Morgan fingerprint density at radius 2 is 1.80 bits per heavy atom. The van der Waals surface area contributed by atoms with Crippen molar-refractivity contribution in [2.45, 2.75) is 62.6 Å². The highest BCUT2D eigenvalue weighted by molar-refractivity contribution is 8.00. The van der Waals surface area contributed by atoms with E-state index in [2.05, 4.69) is 14.7 Å². The molecule has 6 atom stereocenters. The Morgan fingerprint density at radius 1 is 1.20 bits per heavy atom. The highest BCUT2D eigenvalue weighted by Gasteiger charge is 2.58. The average molecular weight is 541 g/mol. The van der Waals surface area contributed by atoms with Crippen LogP contribution in [0.4, 0.5) is 0 Å². The van der Waals surface area contributed by atoms with E-state index >= 15 is 0 Å². The van der Waals surface area contributed by atoms with Gasteiger partial charge in [0.2, 0.25) is 15.0 Å². The maximum atomic E-state index is 12.7. The van der Waals surface area contributed by atoms with Gasteiger partial charge in [0.05, 0.1) is 26.0 Å². The zero-order valence-corrected chi connectivity index (χ0v) is 21.6. The van der Waals surface area contributed by atoms with E-state index in [1.807, 2.05) is 0 Å². The van der Waals surface area contributed by atoms with Crippen molar-refractivity contribution >= 4 is 45.7 Å². The van der Waals surface area contributed by atoms with E-state index in [4.69, 9.17) is 29.2 Å². The van der Waals surface area contributed by atoms with E-state index in [0.717, 1.165) is 45.9 Å². The van der Waals surface area contributed by atoms with Crippen LogP contribution in [0.3, 0.4) is 0 Å². The highest BCUT2D eigenvalue weighted by Crippen LogP contribution is 2.41. The maximum Gasteiger partial charge on any atom is 0.348 e. The van der Waals surface area contributed by atoms with Crippen LogP contribution in [0.25, 0.3) is 10.4 Å². The van der Waals surface area contributed by atoms with Crippen molar-refractivity contribution in [3.8, 4) is 0 Å². The van der Waals surface area contributed by atoms with Crippen molar-refractivity contribution in [1.29, 1.82) is 0 Å². The van der Waals surface area contributed by atoms with E-state index in [1.54, 1.807) is 0 Å². The summed E-state index contributed by atoms with van der Waals surface area (Å²) in [4.78, 5) is 49.1. The minimum Gasteiger partial charge on any atom is -0.466 e. The first-order chi connectivity index (χ1) is 16.2. The number of hydrogen-bond acceptors (Lipinski definition) is 13. The molecule has 1 fully saturated rings. The molecule has 0 amide bonds. The average Bonchev–Trinajstić information content (AvgIpc) is 2.74. The van der Waals surface area contributed by atoms with Gasteiger partial charge in [-0.3, -0.25) is 14.4 Å². The van der Waals surface area contributed by atoms with Gasteiger partial charge in [0.1, 0.15) is 18.3 Å². The summed E-state index contributed by atoms with van der Waals surface area (Å²) in [5, 5.41) is 3.36. The molecule has 0 unspecified atom stereocenters. The predicted octanol–water partition coefficient (Wildman–Crippen LogP) is 0.0308. The lowest BCUT2D eigenvalue weighted by molar-refractivity contribution is -0.218. The van der Waals surface area contributed by atoms with E-state index in [1.165, 1.54) is 6.26 Å². The molecule has 0 aromatic carbocycles. The van der Waals surface area contributed by atoms with E-state index < -0.39 is 75.8 Å². The standard InChI is InChI=1S/C18H28N4O11S2/c1-9(23)30-12-7-18(34-5,17(26)29-4)33-16(14(12)21-35(6,27)28)15(32-11(3)25)13(8-20-22-19)31-10(2)24/h12-16,21H,7-8H2,1-6H3/t12-,13+,14+,15+,16+,18-/m0/s1. The third-order valence-electron chi connectivity index (χ3n) is 4.68. The minimum absolute atomic E-state index is 0.342. The molecule has 1 aliphatic heterocycles. The minimum atomic E-state index is -4.00. The number of carbonyl (C=O) groups is 4. The molecular formula is C18H28N4O11S2. The van der Waals surface area contributed by atoms with Gasteiger partial charge in [0.15, 0.2) is 6.10 Å². The molecule has 1 aliphatic rings. The molecule has 35 heavy (non-hydrogen) atoms. The number of hydrogen-bond donors (Lipinski definition) is 1. The number of methoxy groups -OCH3 is 1. The van der Waals surface area contributed by atoms with Crippen LogP contribution in [-0.2, 0) is 52.9 Å². The molecule has 0 radical (unpaired) electrons. The fraction of sp³-hybridized carbons (Fsp3) is 0.778. The van der Waals surface area contributed by atoms with Gasteiger partial charge in [0, 0.05) is 32.1 Å². The second-order valence-corrected chi connectivity index (χ2v) is 10.3. The Morgan fingerprint density at radius 3 is 2.23 bits per heavy atom. The van der Waals surface area contributed by atoms with Gasteiger partial charge in [-0.1, -0.05) is 5.11 Å². The number of rotatable bonds is 11. The maximum absolute atomic E-state index is 12.7. The molecule has 1 saturated heterocycles. The Labute approximate surface area is 206 Å². The van der Waals surface area contributed by atoms with Crippen LogP contribution in [0.2, 0.25) is 0 Å². The number of ether oxygens (including phenoxy) is 5. The zero-order valence-electron chi connectivity index (χ0n) is 19.9. The quantitative estimate of drug-likeness (QED) is 0.121. The fourth-order valence-electron chi connectivity index (χ4n) is 3.52. The van der Waals surface area contributed by atoms with Gasteiger partial charge < -0.3 is 23.7 Å². The number of esters is 4. The largest absolute Gasteiger partial charge is 0.466 e. The fourth-order valence-corrected chi connectivity index (χ4v) is 5.09. The summed E-state index contributed by atoms with van der Waals surface area (Å²) in [5.74, 6) is -3.43. The molecule has 1 rings (SSSR count). The number of nitrogens with zero attached hydrogens (tertiary/aromatic N) is 3. The van der Waals surface area contributed by atoms with Crippen molar-refractivity contribution < 1.29 is 51.3 Å². The summed E-state index contributed by atoms with van der Waals surface area (Å²) in [6.07, 6.45) is -4.00. The molecular weight excluding hydrogens is 512 g/mol. The highest BCUT2D eigenvalue weighted by atomic mass is 32.2. The van der Waals surface area contributed by atoms with Crippen molar-refractivity contribution in [2.75, 3.05) is 26.2 Å². The van der Waals surface area contributed by atoms with Crippen LogP contribution in [0, 0.1) is 0 Å². The first-order valence-corrected chi connectivity index (χ1v) is 13.1. The molecule has 0 spiro atoms. The summed E-state index contributed by atoms with van der Waals surface area (Å²) >= 11 is 0.865. The van der Waals surface area contributed by atoms with Crippen LogP contribution in [0.5, 0.6) is 0 Å². The molecule has 17 heteroatoms. The molecule has 1 N–H and O–H groups in total. The number of azide groups is 1. The van der Waals surface area contributed by atoms with Gasteiger partial charge >= 0.3 is 23.9 Å². The van der Waals surface area contributed by atoms with Gasteiger partial charge in [0.25, 0.3) is 0 Å². The molecule has 0 aromatic rings. The van der Waals surface area contributed by atoms with E-state index in [-0.39, 0.29) is 6.42 Å². The van der Waals surface area contributed by atoms with Gasteiger partial charge in [-0.25, -0.2) is 17.9 Å². The summed E-state index contributed by atoms with van der Waals surface area (Å²) in [6.45, 7) is 2.61. The number of nitrogens with one attached hydrogen (secondary N) is 1. The van der Waals surface area contributed by atoms with Crippen molar-refractivity contribution in [3.63, 3.8) is 0 Å². The smallest absolute Gasteiger partial charge is 0.348 e. The van der Waals surface area contributed by atoms with Crippen LogP contribution in [-0.4, -0.2) is 93.9 Å². The number of carbonyl (C=O) groups excluding carboxylic acids is 4. The summed E-state index contributed by atoms with van der Waals surface area (Å²) in [7, 11) is -2.91. The van der Waals surface area contributed by atoms with Crippen LogP contribution < -0.4 is 4.72 Å². The second-order valence-electron chi connectivity index (χ2n) is 7.43. The van der Waals surface area contributed by atoms with Gasteiger partial charge in [-0.05, 0) is 11.8 Å². The lowest BCUT2D eigenvalue weighted by Crippen LogP contribution is -2.67. The van der Waals surface area contributed by atoms with Crippen molar-refractivity contribution in [3.05, 3.63) is 10.4 Å². The monoisotopic (exact) mass is 540 g/mol. The molecule has 0 aliphatic carbocycles. The second kappa shape index (κ2) is 12.9. The Bertz CT molecular complexity index is 965. The summed E-state index contributed by atoms with van der Waals surface area (Å²) in [6, 6.07) is -1.42. The Kier molecular flexibility index (Phi) is 11.2. The topological polar surface area (TPSA) is 209 Å². The first kappa shape index (κ1) is 30.4. The van der Waals surface area contributed by atoms with Gasteiger partial charge in [-0.2, -0.15) is 0 Å². The first-order valence-electron chi connectivity index (χ1n) is 10.0. The SMILES string of the molecule is COC(=O)[C@@]1(SC)C[C@H](OC(C)=O)[C@@H](NS(C)(=O)=O)[C@H]([C@H](OC(C)=O)[C@@H](CN=[N+]=[N-])OC(C)=O)O1. The molecule has 0 saturated carbocycles. The van der Waals surface area contributed by atoms with Crippen molar-refractivity contribution in [1.82, 2.24) is 4.72 Å². The lowest BCUT2D eigenvalue weighted by Gasteiger charge is -2.48.